The third-order valence-electron chi connectivity index (χ3n) is 3.82. The first kappa shape index (κ1) is 14.1. The first-order valence-electron chi connectivity index (χ1n) is 6.87. The molecule has 0 bridgehead atoms. The van der Waals surface area contributed by atoms with Crippen LogP contribution in [0.2, 0.25) is 4.34 Å². The van der Waals surface area contributed by atoms with Crippen molar-refractivity contribution in [2.24, 2.45) is 5.92 Å². The number of halogens is 1. The lowest BCUT2D eigenvalue weighted by Gasteiger charge is -2.20. The molecule has 0 amide bonds. The molecule has 3 nitrogen and oxygen atoms in total. The Hall–Kier alpha value is -0.810. The minimum absolute atomic E-state index is 0.0651. The molecule has 3 unspecified atom stereocenters. The van der Waals surface area contributed by atoms with E-state index in [-0.39, 0.29) is 6.04 Å². The fraction of sp³-hybridized carbons (Fsp3) is 0.467. The van der Waals surface area contributed by atoms with Gasteiger partial charge in [0.05, 0.1) is 16.7 Å². The summed E-state index contributed by atoms with van der Waals surface area (Å²) in [5.74, 6) is 1.48. The van der Waals surface area contributed by atoms with Crippen LogP contribution < -0.4 is 5.32 Å². The molecule has 1 N–H and O–H groups in total. The second-order valence-corrected chi connectivity index (χ2v) is 6.87. The summed E-state index contributed by atoms with van der Waals surface area (Å²) in [6.07, 6.45) is 3.15. The molecule has 1 fully saturated rings. The van der Waals surface area contributed by atoms with Gasteiger partial charge in [-0.2, -0.15) is 0 Å². The monoisotopic (exact) mass is 311 g/mol. The molecule has 0 saturated carbocycles. The number of hydrogen-bond acceptors (Lipinski definition) is 4. The maximum absolute atomic E-state index is 6.06. The van der Waals surface area contributed by atoms with Gasteiger partial charge in [-0.3, -0.25) is 0 Å². The van der Waals surface area contributed by atoms with Crippen molar-refractivity contribution in [1.82, 2.24) is 5.32 Å². The average molecular weight is 312 g/mol. The maximum atomic E-state index is 6.06. The number of furan rings is 1. The lowest BCUT2D eigenvalue weighted by atomic mass is 10.0. The van der Waals surface area contributed by atoms with Crippen molar-refractivity contribution >= 4 is 22.9 Å². The summed E-state index contributed by atoms with van der Waals surface area (Å²) in [4.78, 5) is 1.18. The summed E-state index contributed by atoms with van der Waals surface area (Å²) in [6, 6.07) is 7.97. The van der Waals surface area contributed by atoms with Crippen molar-refractivity contribution < 1.29 is 9.15 Å². The Morgan fingerprint density at radius 1 is 1.45 bits per heavy atom. The van der Waals surface area contributed by atoms with E-state index in [0.717, 1.165) is 29.7 Å². The van der Waals surface area contributed by atoms with Gasteiger partial charge in [0.1, 0.15) is 11.8 Å². The van der Waals surface area contributed by atoms with Crippen LogP contribution >= 0.6 is 22.9 Å². The van der Waals surface area contributed by atoms with Crippen LogP contribution in [-0.2, 0) is 4.74 Å². The van der Waals surface area contributed by atoms with Crippen molar-refractivity contribution in [2.45, 2.75) is 25.5 Å². The first-order chi connectivity index (χ1) is 9.74. The molecule has 108 valence electrons. The van der Waals surface area contributed by atoms with E-state index in [4.69, 9.17) is 20.8 Å². The van der Waals surface area contributed by atoms with E-state index in [9.17, 15) is 0 Å². The van der Waals surface area contributed by atoms with Gasteiger partial charge in [-0.05, 0) is 43.5 Å². The minimum atomic E-state index is 0.0651. The van der Waals surface area contributed by atoms with E-state index in [1.807, 2.05) is 18.2 Å². The molecule has 1 aliphatic heterocycles. The Labute approximate surface area is 127 Å². The zero-order valence-corrected chi connectivity index (χ0v) is 12.9. The predicted molar refractivity (Wildman–Crippen MR) is 81.4 cm³/mol. The average Bonchev–Trinajstić information content (AvgIpc) is 3.14. The maximum Gasteiger partial charge on any atom is 0.126 e. The molecule has 0 aromatic carbocycles. The van der Waals surface area contributed by atoms with E-state index < -0.39 is 0 Å². The number of nitrogens with one attached hydrogen (secondary N) is 1. The van der Waals surface area contributed by atoms with E-state index in [1.54, 1.807) is 17.6 Å². The molecule has 3 rings (SSSR count). The van der Waals surface area contributed by atoms with Gasteiger partial charge >= 0.3 is 0 Å². The van der Waals surface area contributed by atoms with Crippen molar-refractivity contribution in [3.63, 3.8) is 0 Å². The Morgan fingerprint density at radius 3 is 2.95 bits per heavy atom. The number of hydrogen-bond donors (Lipinski definition) is 1. The minimum Gasteiger partial charge on any atom is -0.467 e. The second-order valence-electron chi connectivity index (χ2n) is 5.12. The number of ether oxygens (including phenoxy) is 1. The molecule has 20 heavy (non-hydrogen) atoms. The van der Waals surface area contributed by atoms with Crippen LogP contribution in [0.25, 0.3) is 0 Å². The summed E-state index contributed by atoms with van der Waals surface area (Å²) in [5, 5.41) is 3.60. The molecule has 0 spiro atoms. The lowest BCUT2D eigenvalue weighted by molar-refractivity contribution is 0.105. The highest BCUT2D eigenvalue weighted by Gasteiger charge is 2.26. The molecule has 3 heterocycles. The zero-order valence-electron chi connectivity index (χ0n) is 11.3. The number of rotatable bonds is 5. The van der Waals surface area contributed by atoms with Gasteiger partial charge in [0, 0.05) is 18.0 Å². The zero-order chi connectivity index (χ0) is 13.9. The molecular formula is C15H18ClNO2S. The summed E-state index contributed by atoms with van der Waals surface area (Å²) in [5.41, 5.74) is 0. The third kappa shape index (κ3) is 3.09. The quantitative estimate of drug-likeness (QED) is 0.903. The van der Waals surface area contributed by atoms with Crippen LogP contribution in [0.4, 0.5) is 0 Å². The highest BCUT2D eigenvalue weighted by Crippen LogP contribution is 2.32. The van der Waals surface area contributed by atoms with Gasteiger partial charge < -0.3 is 14.5 Å². The van der Waals surface area contributed by atoms with E-state index >= 15 is 0 Å². The Kier molecular flexibility index (Phi) is 4.46. The second kappa shape index (κ2) is 6.31. The Morgan fingerprint density at radius 2 is 2.35 bits per heavy atom. The standard InChI is InChI=1S/C15H18ClNO2S/c1-10-11(6-8-18-10)9-17-15(12-3-2-7-19-12)13-4-5-14(16)20-13/h2-5,7,10-11,15,17H,6,8-9H2,1H3. The normalized spacial score (nSPS) is 24.1. The van der Waals surface area contributed by atoms with Crippen LogP contribution in [0.15, 0.2) is 34.9 Å². The Balaban J connectivity index is 1.73. The molecule has 2 aromatic rings. The largest absolute Gasteiger partial charge is 0.467 e. The summed E-state index contributed by atoms with van der Waals surface area (Å²) >= 11 is 7.65. The SMILES string of the molecule is CC1OCCC1CNC(c1ccco1)c1ccc(Cl)s1. The summed E-state index contributed by atoms with van der Waals surface area (Å²) in [7, 11) is 0. The van der Waals surface area contributed by atoms with Crippen molar-refractivity contribution in [2.75, 3.05) is 13.2 Å². The van der Waals surface area contributed by atoms with E-state index in [2.05, 4.69) is 18.3 Å². The van der Waals surface area contributed by atoms with Crippen molar-refractivity contribution in [3.8, 4) is 0 Å². The smallest absolute Gasteiger partial charge is 0.126 e. The predicted octanol–water partition coefficient (Wildman–Crippen LogP) is 4.10. The van der Waals surface area contributed by atoms with Gasteiger partial charge in [0.2, 0.25) is 0 Å². The van der Waals surface area contributed by atoms with Crippen LogP contribution in [0.5, 0.6) is 0 Å². The Bertz CT molecular complexity index is 540. The molecule has 5 heteroatoms. The highest BCUT2D eigenvalue weighted by molar-refractivity contribution is 7.16. The first-order valence-corrected chi connectivity index (χ1v) is 8.07. The van der Waals surface area contributed by atoms with Gasteiger partial charge in [-0.25, -0.2) is 0 Å². The van der Waals surface area contributed by atoms with Gasteiger partial charge in [0.15, 0.2) is 0 Å². The van der Waals surface area contributed by atoms with Crippen molar-refractivity contribution in [1.29, 1.82) is 0 Å². The lowest BCUT2D eigenvalue weighted by Crippen LogP contribution is -2.30. The molecule has 0 aliphatic carbocycles. The van der Waals surface area contributed by atoms with Crippen molar-refractivity contribution in [3.05, 3.63) is 45.5 Å². The van der Waals surface area contributed by atoms with E-state index in [0.29, 0.717) is 12.0 Å². The molecule has 1 aliphatic rings. The van der Waals surface area contributed by atoms with Crippen LogP contribution in [-0.4, -0.2) is 19.3 Å². The molecule has 2 aromatic heterocycles. The van der Waals surface area contributed by atoms with Crippen LogP contribution in [0.3, 0.4) is 0 Å². The molecule has 3 atom stereocenters. The van der Waals surface area contributed by atoms with Gasteiger partial charge in [-0.15, -0.1) is 11.3 Å². The van der Waals surface area contributed by atoms with Gasteiger partial charge in [-0.1, -0.05) is 11.6 Å². The third-order valence-corrected chi connectivity index (χ3v) is 5.12. The summed E-state index contributed by atoms with van der Waals surface area (Å²) < 4.78 is 12.0. The molecule has 0 radical (unpaired) electrons. The van der Waals surface area contributed by atoms with E-state index in [1.165, 1.54) is 4.88 Å². The molecular weight excluding hydrogens is 294 g/mol. The summed E-state index contributed by atoms with van der Waals surface area (Å²) in [6.45, 7) is 3.93. The van der Waals surface area contributed by atoms with Crippen LogP contribution in [0, 0.1) is 5.92 Å². The number of thiophene rings is 1. The highest BCUT2D eigenvalue weighted by atomic mass is 35.5. The van der Waals surface area contributed by atoms with Crippen LogP contribution in [0.1, 0.15) is 30.0 Å². The molecule has 1 saturated heterocycles. The topological polar surface area (TPSA) is 34.4 Å². The fourth-order valence-corrected chi connectivity index (χ4v) is 3.74. The fourth-order valence-electron chi connectivity index (χ4n) is 2.59. The van der Waals surface area contributed by atoms with Gasteiger partial charge in [0.25, 0.3) is 0 Å².